The highest BCUT2D eigenvalue weighted by molar-refractivity contribution is 5.20. The van der Waals surface area contributed by atoms with Crippen molar-refractivity contribution >= 4 is 6.15 Å². The third-order valence-electron chi connectivity index (χ3n) is 0. The molecule has 4 nitrogen and oxygen atoms in total. The lowest BCUT2D eigenvalue weighted by atomic mass is 10.9. The lowest BCUT2D eigenvalue weighted by Crippen LogP contribution is -1.57. The molecule has 0 rings (SSSR count). The minimum Gasteiger partial charge on any atom is -0.412 e. The zero-order chi connectivity index (χ0) is 5.41. The van der Waals surface area contributed by atoms with Crippen LogP contribution in [-0.2, 0) is 9.59 Å². The molecule has 4 heteroatoms. The van der Waals surface area contributed by atoms with Gasteiger partial charge in [0.15, 0.2) is 0 Å². The molecule has 0 aliphatic heterocycles. The second kappa shape index (κ2) is 58.0. The molecule has 0 spiro atoms. The van der Waals surface area contributed by atoms with Crippen LogP contribution >= 0.6 is 0 Å². The number of hydrogen-bond acceptors (Lipinski definition) is 3. The maximum atomic E-state index is 8.12. The van der Waals surface area contributed by atoms with Crippen LogP contribution in [0.1, 0.15) is 6.92 Å². The van der Waals surface area contributed by atoms with Crippen LogP contribution in [0.2, 0.25) is 0 Å². The van der Waals surface area contributed by atoms with Crippen LogP contribution in [0.5, 0.6) is 0 Å². The molecule has 0 fully saturated rings. The molecule has 0 unspecified atom stereocenters. The van der Waals surface area contributed by atoms with E-state index in [1.807, 2.05) is 0 Å². The van der Waals surface area contributed by atoms with Crippen molar-refractivity contribution in [2.24, 2.45) is 0 Å². The SMILES string of the molecule is CCO.O.O=C=O. The minimum atomic E-state index is 0. The van der Waals surface area contributed by atoms with E-state index >= 15 is 0 Å². The van der Waals surface area contributed by atoms with Crippen LogP contribution in [-0.4, -0.2) is 23.3 Å². The molecule has 0 aromatic heterocycles. The summed E-state index contributed by atoms with van der Waals surface area (Å²) in [5.74, 6) is 0. The molecule has 0 atom stereocenters. The summed E-state index contributed by atoms with van der Waals surface area (Å²) in [5.41, 5.74) is 0. The summed E-state index contributed by atoms with van der Waals surface area (Å²) in [5, 5.41) is 7.57. The first-order chi connectivity index (χ1) is 2.83. The Morgan fingerprint density at radius 1 is 1.57 bits per heavy atom. The smallest absolute Gasteiger partial charge is 0.373 e. The highest BCUT2D eigenvalue weighted by Crippen LogP contribution is 1.30. The summed E-state index contributed by atoms with van der Waals surface area (Å²) in [6.45, 7) is 1.93. The van der Waals surface area contributed by atoms with E-state index in [2.05, 4.69) is 0 Å². The van der Waals surface area contributed by atoms with Crippen LogP contribution in [0.25, 0.3) is 0 Å². The lowest BCUT2D eigenvalue weighted by Gasteiger charge is -1.52. The van der Waals surface area contributed by atoms with E-state index in [1.54, 1.807) is 6.92 Å². The fraction of sp³-hybridized carbons (Fsp3) is 0.667. The van der Waals surface area contributed by atoms with E-state index in [9.17, 15) is 0 Å². The quantitative estimate of drug-likeness (QED) is 0.413. The third-order valence-corrected chi connectivity index (χ3v) is 0. The molecular formula is C3H8O4. The van der Waals surface area contributed by atoms with Gasteiger partial charge in [-0.25, -0.2) is 0 Å². The monoisotopic (exact) mass is 108 g/mol. The Kier molecular flexibility index (Phi) is 135. The van der Waals surface area contributed by atoms with Crippen LogP contribution in [0.15, 0.2) is 0 Å². The molecule has 7 heavy (non-hydrogen) atoms. The maximum absolute atomic E-state index is 8.12. The van der Waals surface area contributed by atoms with Gasteiger partial charge in [-0.2, -0.15) is 9.59 Å². The average molecular weight is 108 g/mol. The van der Waals surface area contributed by atoms with Crippen LogP contribution < -0.4 is 0 Å². The van der Waals surface area contributed by atoms with E-state index in [0.717, 1.165) is 0 Å². The van der Waals surface area contributed by atoms with Gasteiger partial charge >= 0.3 is 6.15 Å². The molecule has 0 aliphatic rings. The van der Waals surface area contributed by atoms with E-state index in [0.29, 0.717) is 0 Å². The van der Waals surface area contributed by atoms with Gasteiger partial charge in [-0.05, 0) is 6.92 Å². The van der Waals surface area contributed by atoms with Gasteiger partial charge in [0.25, 0.3) is 0 Å². The number of carbonyl (C=O) groups excluding carboxylic acids is 2. The van der Waals surface area contributed by atoms with Crippen molar-refractivity contribution in [2.45, 2.75) is 6.92 Å². The van der Waals surface area contributed by atoms with Crippen LogP contribution in [0.3, 0.4) is 0 Å². The minimum absolute atomic E-state index is 0. The Morgan fingerprint density at radius 3 is 1.57 bits per heavy atom. The number of rotatable bonds is 0. The van der Waals surface area contributed by atoms with Crippen LogP contribution in [0, 0.1) is 0 Å². The number of aliphatic hydroxyl groups excluding tert-OH is 1. The first kappa shape index (κ1) is 16.3. The summed E-state index contributed by atoms with van der Waals surface area (Å²) >= 11 is 0. The van der Waals surface area contributed by atoms with Gasteiger partial charge in [0, 0.05) is 6.61 Å². The molecule has 0 aromatic carbocycles. The van der Waals surface area contributed by atoms with E-state index in [-0.39, 0.29) is 18.2 Å². The van der Waals surface area contributed by atoms with Gasteiger partial charge in [0.2, 0.25) is 0 Å². The van der Waals surface area contributed by atoms with Crippen molar-refractivity contribution in [3.63, 3.8) is 0 Å². The molecule has 0 heterocycles. The molecule has 0 radical (unpaired) electrons. The van der Waals surface area contributed by atoms with Gasteiger partial charge < -0.3 is 10.6 Å². The molecule has 0 saturated heterocycles. The molecule has 0 bridgehead atoms. The number of hydrogen-bond donors (Lipinski definition) is 1. The van der Waals surface area contributed by atoms with Crippen molar-refractivity contribution in [2.75, 3.05) is 6.61 Å². The van der Waals surface area contributed by atoms with Gasteiger partial charge in [0.1, 0.15) is 0 Å². The predicted octanol–water partition coefficient (Wildman–Crippen LogP) is -1.41. The van der Waals surface area contributed by atoms with Crippen molar-refractivity contribution in [1.82, 2.24) is 0 Å². The topological polar surface area (TPSA) is 85.9 Å². The Hall–Kier alpha value is -0.700. The number of aliphatic hydroxyl groups is 1. The molecule has 3 N–H and O–H groups in total. The molecule has 0 aromatic rings. The Morgan fingerprint density at radius 2 is 1.57 bits per heavy atom. The predicted molar refractivity (Wildman–Crippen MR) is 21.4 cm³/mol. The van der Waals surface area contributed by atoms with Crippen molar-refractivity contribution < 1.29 is 20.2 Å². The van der Waals surface area contributed by atoms with Gasteiger partial charge in [-0.3, -0.25) is 0 Å². The van der Waals surface area contributed by atoms with Crippen molar-refractivity contribution in [3.05, 3.63) is 0 Å². The summed E-state index contributed by atoms with van der Waals surface area (Å²) in [6.07, 6.45) is 0.250. The van der Waals surface area contributed by atoms with E-state index in [4.69, 9.17) is 14.7 Å². The Labute approximate surface area is 41.1 Å². The summed E-state index contributed by atoms with van der Waals surface area (Å²) < 4.78 is 0. The second-order valence-corrected chi connectivity index (χ2v) is 0.400. The highest BCUT2D eigenvalue weighted by Gasteiger charge is 1.34. The zero-order valence-corrected chi connectivity index (χ0v) is 3.97. The summed E-state index contributed by atoms with van der Waals surface area (Å²) in [7, 11) is 0. The second-order valence-electron chi connectivity index (χ2n) is 0.400. The summed E-state index contributed by atoms with van der Waals surface area (Å²) in [6, 6.07) is 0. The molecule has 0 amide bonds. The van der Waals surface area contributed by atoms with Gasteiger partial charge in [0.05, 0.1) is 0 Å². The average Bonchev–Trinajstić information content (AvgIpc) is 1.39. The zero-order valence-electron chi connectivity index (χ0n) is 3.97. The fourth-order valence-corrected chi connectivity index (χ4v) is 0. The largest absolute Gasteiger partial charge is 0.412 e. The van der Waals surface area contributed by atoms with Gasteiger partial charge in [-0.1, -0.05) is 0 Å². The fourth-order valence-electron chi connectivity index (χ4n) is 0. The molecular weight excluding hydrogens is 100 g/mol. The normalized spacial score (nSPS) is 3.71. The van der Waals surface area contributed by atoms with Crippen molar-refractivity contribution in [3.8, 4) is 0 Å². The van der Waals surface area contributed by atoms with Gasteiger partial charge in [-0.15, -0.1) is 0 Å². The maximum Gasteiger partial charge on any atom is 0.373 e. The summed E-state index contributed by atoms with van der Waals surface area (Å²) in [4.78, 5) is 16.2. The lowest BCUT2D eigenvalue weighted by molar-refractivity contribution is -0.191. The standard InChI is InChI=1S/C2H6O.CO2.H2O/c1-2-3;2-1-3;/h3H,2H2,1H3;;1H2. The molecule has 0 saturated carbocycles. The highest BCUT2D eigenvalue weighted by atomic mass is 16.2. The molecule has 0 aliphatic carbocycles. The van der Waals surface area contributed by atoms with E-state index in [1.165, 1.54) is 0 Å². The third kappa shape index (κ3) is 118. The van der Waals surface area contributed by atoms with Crippen molar-refractivity contribution in [1.29, 1.82) is 0 Å². The molecule has 44 valence electrons. The Bertz CT molecular complexity index is 36.2. The first-order valence-electron chi connectivity index (χ1n) is 1.43. The van der Waals surface area contributed by atoms with Crippen LogP contribution in [0.4, 0.5) is 0 Å². The Balaban J connectivity index is -0.0000000400. The van der Waals surface area contributed by atoms with E-state index < -0.39 is 0 Å². The first-order valence-corrected chi connectivity index (χ1v) is 1.43.